The van der Waals surface area contributed by atoms with Gasteiger partial charge in [0.05, 0.1) is 0 Å². The van der Waals surface area contributed by atoms with Crippen molar-refractivity contribution in [3.8, 4) is 0 Å². The van der Waals surface area contributed by atoms with E-state index in [-0.39, 0.29) is 25.0 Å². The number of hydrogen-bond donors (Lipinski definition) is 3. The lowest BCUT2D eigenvalue weighted by Gasteiger charge is -2.26. The number of aliphatic hydroxyl groups excluding tert-OH is 1. The molecule has 0 aromatic carbocycles. The lowest BCUT2D eigenvalue weighted by atomic mass is 10.2. The molecule has 3 N–H and O–H groups in total. The molecule has 0 bridgehead atoms. The van der Waals surface area contributed by atoms with Gasteiger partial charge in [-0.05, 0) is 20.3 Å². The molecule has 1 atom stereocenters. The molecule has 0 aliphatic carbocycles. The first kappa shape index (κ1) is 15.7. The second-order valence-corrected chi connectivity index (χ2v) is 4.16. The zero-order valence-electron chi connectivity index (χ0n) is 10.6. The first-order valence-corrected chi connectivity index (χ1v) is 5.85. The Balaban J connectivity index is 4.02. The average molecular weight is 246 g/mol. The summed E-state index contributed by atoms with van der Waals surface area (Å²) in [7, 11) is 0. The van der Waals surface area contributed by atoms with E-state index in [1.165, 1.54) is 0 Å². The maximum absolute atomic E-state index is 11.7. The molecule has 6 nitrogen and oxygen atoms in total. The lowest BCUT2D eigenvalue weighted by Crippen LogP contribution is -2.45. The summed E-state index contributed by atoms with van der Waals surface area (Å²) in [5, 5.41) is 20.1. The van der Waals surface area contributed by atoms with Gasteiger partial charge in [-0.2, -0.15) is 0 Å². The summed E-state index contributed by atoms with van der Waals surface area (Å²) >= 11 is 0. The predicted molar refractivity (Wildman–Crippen MR) is 63.8 cm³/mol. The van der Waals surface area contributed by atoms with Crippen molar-refractivity contribution in [3.05, 3.63) is 0 Å². The summed E-state index contributed by atoms with van der Waals surface area (Å²) in [5.74, 6) is -1.27. The topological polar surface area (TPSA) is 89.9 Å². The highest BCUT2D eigenvalue weighted by atomic mass is 16.4. The van der Waals surface area contributed by atoms with Gasteiger partial charge in [-0.15, -0.1) is 0 Å². The van der Waals surface area contributed by atoms with Crippen LogP contribution in [0.4, 0.5) is 4.79 Å². The number of urea groups is 1. The maximum Gasteiger partial charge on any atom is 0.332 e. The van der Waals surface area contributed by atoms with Gasteiger partial charge in [0.15, 0.2) is 6.10 Å². The van der Waals surface area contributed by atoms with Gasteiger partial charge < -0.3 is 20.4 Å². The molecule has 17 heavy (non-hydrogen) atoms. The van der Waals surface area contributed by atoms with Crippen LogP contribution in [0.1, 0.15) is 33.6 Å². The molecule has 0 saturated carbocycles. The van der Waals surface area contributed by atoms with Crippen LogP contribution >= 0.6 is 0 Å². The Morgan fingerprint density at radius 1 is 1.35 bits per heavy atom. The molecule has 0 saturated heterocycles. The maximum atomic E-state index is 11.7. The minimum Gasteiger partial charge on any atom is -0.479 e. The first-order valence-electron chi connectivity index (χ1n) is 5.85. The van der Waals surface area contributed by atoms with Crippen molar-refractivity contribution in [3.63, 3.8) is 0 Å². The second kappa shape index (κ2) is 7.89. The molecule has 0 aromatic heterocycles. The van der Waals surface area contributed by atoms with Crippen LogP contribution < -0.4 is 5.32 Å². The fourth-order valence-corrected chi connectivity index (χ4v) is 1.38. The molecule has 0 aliphatic rings. The highest BCUT2D eigenvalue weighted by Crippen LogP contribution is 2.00. The number of nitrogens with one attached hydrogen (secondary N) is 1. The van der Waals surface area contributed by atoms with E-state index in [1.807, 2.05) is 20.8 Å². The molecular formula is C11H22N2O4. The molecule has 0 rings (SSSR count). The fraction of sp³-hybridized carbons (Fsp3) is 0.818. The van der Waals surface area contributed by atoms with Crippen molar-refractivity contribution in [1.82, 2.24) is 10.2 Å². The summed E-state index contributed by atoms with van der Waals surface area (Å²) < 4.78 is 0. The highest BCUT2D eigenvalue weighted by Gasteiger charge is 2.17. The van der Waals surface area contributed by atoms with Crippen LogP contribution in [0.25, 0.3) is 0 Å². The number of carboxylic acid groups (broad SMARTS) is 1. The number of carbonyl (C=O) groups excluding carboxylic acids is 1. The van der Waals surface area contributed by atoms with E-state index in [0.29, 0.717) is 6.54 Å². The average Bonchev–Trinajstić information content (AvgIpc) is 2.24. The summed E-state index contributed by atoms with van der Waals surface area (Å²) in [6.45, 7) is 6.63. The third kappa shape index (κ3) is 6.11. The van der Waals surface area contributed by atoms with Gasteiger partial charge in [0.1, 0.15) is 0 Å². The van der Waals surface area contributed by atoms with Crippen molar-refractivity contribution < 1.29 is 19.8 Å². The van der Waals surface area contributed by atoms with Gasteiger partial charge in [-0.3, -0.25) is 0 Å². The summed E-state index contributed by atoms with van der Waals surface area (Å²) in [5.41, 5.74) is 0. The van der Waals surface area contributed by atoms with Crippen molar-refractivity contribution in [2.75, 3.05) is 13.1 Å². The van der Waals surface area contributed by atoms with E-state index in [2.05, 4.69) is 5.32 Å². The van der Waals surface area contributed by atoms with E-state index in [9.17, 15) is 9.59 Å². The molecule has 2 amide bonds. The van der Waals surface area contributed by atoms with Crippen LogP contribution in [-0.2, 0) is 4.79 Å². The number of nitrogens with zero attached hydrogens (tertiary/aromatic N) is 1. The second-order valence-electron chi connectivity index (χ2n) is 4.16. The van der Waals surface area contributed by atoms with Gasteiger partial charge in [0, 0.05) is 25.6 Å². The number of carbonyl (C=O) groups is 2. The molecule has 0 radical (unpaired) electrons. The van der Waals surface area contributed by atoms with Crippen LogP contribution in [0.5, 0.6) is 0 Å². The Bertz CT molecular complexity index is 256. The summed E-state index contributed by atoms with van der Waals surface area (Å²) in [4.78, 5) is 23.7. The van der Waals surface area contributed by atoms with Crippen molar-refractivity contribution in [2.45, 2.75) is 45.8 Å². The van der Waals surface area contributed by atoms with E-state index in [0.717, 1.165) is 6.42 Å². The molecule has 0 aromatic rings. The van der Waals surface area contributed by atoms with Crippen LogP contribution in [0.2, 0.25) is 0 Å². The summed E-state index contributed by atoms with van der Waals surface area (Å²) in [6, 6.07) is -0.126. The Hall–Kier alpha value is -1.30. The molecule has 0 heterocycles. The Labute approximate surface area is 102 Å². The number of aliphatic hydroxyl groups is 1. The number of hydrogen-bond acceptors (Lipinski definition) is 3. The third-order valence-electron chi connectivity index (χ3n) is 2.33. The van der Waals surface area contributed by atoms with E-state index in [1.54, 1.807) is 4.90 Å². The number of rotatable bonds is 7. The highest BCUT2D eigenvalue weighted by molar-refractivity contribution is 5.75. The van der Waals surface area contributed by atoms with Crippen LogP contribution in [0.3, 0.4) is 0 Å². The molecule has 0 fully saturated rings. The molecule has 0 spiro atoms. The quantitative estimate of drug-likeness (QED) is 0.615. The van der Waals surface area contributed by atoms with Gasteiger partial charge in [-0.25, -0.2) is 9.59 Å². The van der Waals surface area contributed by atoms with Crippen molar-refractivity contribution in [2.24, 2.45) is 0 Å². The third-order valence-corrected chi connectivity index (χ3v) is 2.33. The number of aliphatic carboxylic acids is 1. The van der Waals surface area contributed by atoms with Crippen LogP contribution in [0.15, 0.2) is 0 Å². The number of amides is 2. The zero-order chi connectivity index (χ0) is 13.4. The van der Waals surface area contributed by atoms with Gasteiger partial charge in [-0.1, -0.05) is 6.92 Å². The normalized spacial score (nSPS) is 12.3. The molecular weight excluding hydrogens is 224 g/mol. The Kier molecular flexibility index (Phi) is 7.29. The van der Waals surface area contributed by atoms with Gasteiger partial charge >= 0.3 is 12.0 Å². The Morgan fingerprint density at radius 3 is 2.35 bits per heavy atom. The standard InChI is InChI=1S/C11H22N2O4/c1-4-7-13(8(2)3)11(17)12-6-5-9(14)10(15)16/h8-9,14H,4-7H2,1-3H3,(H,12,17)(H,15,16). The van der Waals surface area contributed by atoms with E-state index in [4.69, 9.17) is 10.2 Å². The minimum absolute atomic E-state index is 0.0130. The minimum atomic E-state index is -1.42. The van der Waals surface area contributed by atoms with Crippen LogP contribution in [-0.4, -0.2) is 52.3 Å². The number of carboxylic acids is 1. The zero-order valence-corrected chi connectivity index (χ0v) is 10.6. The Morgan fingerprint density at radius 2 is 1.94 bits per heavy atom. The van der Waals surface area contributed by atoms with Gasteiger partial charge in [0.2, 0.25) is 0 Å². The van der Waals surface area contributed by atoms with Crippen molar-refractivity contribution >= 4 is 12.0 Å². The van der Waals surface area contributed by atoms with Gasteiger partial charge in [0.25, 0.3) is 0 Å². The lowest BCUT2D eigenvalue weighted by molar-refractivity contribution is -0.146. The van der Waals surface area contributed by atoms with Crippen LogP contribution in [0, 0.1) is 0 Å². The smallest absolute Gasteiger partial charge is 0.332 e. The monoisotopic (exact) mass is 246 g/mol. The molecule has 1 unspecified atom stereocenters. The SMILES string of the molecule is CCCN(C(=O)NCCC(O)C(=O)O)C(C)C. The van der Waals surface area contributed by atoms with E-state index < -0.39 is 12.1 Å². The predicted octanol–water partition coefficient (Wildman–Crippen LogP) is 0.652. The fourth-order valence-electron chi connectivity index (χ4n) is 1.38. The van der Waals surface area contributed by atoms with Crippen molar-refractivity contribution in [1.29, 1.82) is 0 Å². The molecule has 100 valence electrons. The summed E-state index contributed by atoms with van der Waals surface area (Å²) in [6.07, 6.45) is -0.545. The molecule has 0 aliphatic heterocycles. The van der Waals surface area contributed by atoms with E-state index >= 15 is 0 Å². The molecule has 6 heteroatoms. The largest absolute Gasteiger partial charge is 0.479 e. The first-order chi connectivity index (χ1) is 7.90.